The zero-order valence-corrected chi connectivity index (χ0v) is 39.6. The number of carbonyl (C=O) groups is 16. The molecule has 3 aliphatic rings. The lowest BCUT2D eigenvalue weighted by Crippen LogP contribution is -2.51. The van der Waals surface area contributed by atoms with Crippen LogP contribution in [-0.4, -0.2) is 180 Å². The Bertz CT molecular complexity index is 2180. The van der Waals surface area contributed by atoms with Crippen molar-refractivity contribution in [2.24, 2.45) is 0 Å². The summed E-state index contributed by atoms with van der Waals surface area (Å²) >= 11 is 0. The van der Waals surface area contributed by atoms with E-state index in [4.69, 9.17) is 4.84 Å². The Balaban J connectivity index is 1.36. The molecule has 3 atom stereocenters. The molecule has 0 saturated carbocycles. The maximum absolute atomic E-state index is 13.1. The second-order valence-electron chi connectivity index (χ2n) is 16.1. The van der Waals surface area contributed by atoms with Crippen molar-refractivity contribution < 1.29 is 81.6 Å². The summed E-state index contributed by atoms with van der Waals surface area (Å²) in [6.45, 7) is 0.233. The average molecular weight is 1020 g/mol. The van der Waals surface area contributed by atoms with Gasteiger partial charge < -0.3 is 52.7 Å². The number of nitrogens with zero attached hydrogens (tertiary/aromatic N) is 3. The zero-order chi connectivity index (χ0) is 53.3. The van der Waals surface area contributed by atoms with Crippen molar-refractivity contribution in [1.82, 2.24) is 62.7 Å². The quantitative estimate of drug-likeness (QED) is 0.0230. The van der Waals surface area contributed by atoms with Gasteiger partial charge in [-0.05, 0) is 46.0 Å². The molecule has 3 aliphatic heterocycles. The van der Waals surface area contributed by atoms with Crippen LogP contribution in [0.4, 0.5) is 0 Å². The van der Waals surface area contributed by atoms with E-state index in [1.54, 1.807) is 0 Å². The first kappa shape index (κ1) is 57.9. The van der Waals surface area contributed by atoms with Gasteiger partial charge in [-0.15, -0.1) is 5.06 Å². The van der Waals surface area contributed by atoms with Crippen molar-refractivity contribution >= 4 is 94.6 Å². The second kappa shape index (κ2) is 29.6. The van der Waals surface area contributed by atoms with Crippen LogP contribution in [0.25, 0.3) is 0 Å². The minimum atomic E-state index is -1.25. The zero-order valence-electron chi connectivity index (χ0n) is 39.6. The minimum absolute atomic E-state index is 0.00550. The number of unbranched alkanes of at least 4 members (excludes halogenated alkanes) is 1. The first-order chi connectivity index (χ1) is 34.1. The molecule has 0 spiro atoms. The monoisotopic (exact) mass is 1010 g/mol. The van der Waals surface area contributed by atoms with E-state index in [0.717, 1.165) is 34.1 Å². The van der Waals surface area contributed by atoms with Crippen molar-refractivity contribution in [3.8, 4) is 0 Å². The summed E-state index contributed by atoms with van der Waals surface area (Å²) in [6, 6.07) is -3.36. The summed E-state index contributed by atoms with van der Waals surface area (Å²) in [7, 11) is 0. The van der Waals surface area contributed by atoms with Crippen LogP contribution in [0, 0.1) is 0 Å². The maximum Gasteiger partial charge on any atom is 0.334 e. The van der Waals surface area contributed by atoms with Crippen LogP contribution in [0.15, 0.2) is 24.3 Å². The molecule has 0 aromatic carbocycles. The molecule has 29 heteroatoms. The topological polar surface area (TPSA) is 400 Å². The van der Waals surface area contributed by atoms with Gasteiger partial charge in [-0.25, -0.2) is 4.79 Å². The van der Waals surface area contributed by atoms with Gasteiger partial charge in [-0.3, -0.25) is 81.7 Å². The van der Waals surface area contributed by atoms with E-state index in [-0.39, 0.29) is 84.0 Å². The van der Waals surface area contributed by atoms with Crippen molar-refractivity contribution in [3.63, 3.8) is 0 Å². The van der Waals surface area contributed by atoms with Crippen LogP contribution in [0.1, 0.15) is 78.1 Å². The maximum atomic E-state index is 13.1. The minimum Gasteiger partial charge on any atom is -0.355 e. The summed E-state index contributed by atoms with van der Waals surface area (Å²) in [6.07, 6.45) is 4.32. The third-order valence-corrected chi connectivity index (χ3v) is 10.4. The molecule has 72 heavy (non-hydrogen) atoms. The number of hydrogen-bond donors (Lipinski definition) is 9. The lowest BCUT2D eigenvalue weighted by Gasteiger charge is -2.19. The van der Waals surface area contributed by atoms with Gasteiger partial charge in [0.1, 0.15) is 18.1 Å². The lowest BCUT2D eigenvalue weighted by molar-refractivity contribution is -0.197. The van der Waals surface area contributed by atoms with E-state index in [1.807, 2.05) is 0 Å². The Labute approximate surface area is 411 Å². The number of rotatable bonds is 31. The summed E-state index contributed by atoms with van der Waals surface area (Å²) in [5.74, 6) is -10.6. The SMILES string of the molecule is CC(NC(=O)CCCN1C(=O)C=CC1=O)C(=O)NCC(=O)NCC(=O)NCCCCC(NC(=O)CNC(=O)CNC(=O)C(C)NC(=O)CCCN1C(=O)C=CC1=O)C(=O)NCCC(=O)ON1C(=O)CCC1=O. The molecule has 392 valence electrons. The standard InChI is InChI=1S/C43H58N12O17/c1-25(50-28(56)8-5-19-53-34(62)10-11-35(53)63)41(69)48-22-31(59)46-21-30(58)44-17-4-3-7-27(43(71)45-18-16-40(68)72-55-38(66)14-15-39(55)67)52-33(61)24-47-32(60)23-49-42(70)26(2)51-29(57)9-6-20-54-36(64)12-13-37(54)65/h10-13,25-27H,3-9,14-24H2,1-2H3,(H,44,58)(H,45,71)(H,46,59)(H,47,60)(H,48,69)(H,49,70)(H,50,56)(H,51,57)(H,52,61). The third kappa shape index (κ3) is 20.7. The summed E-state index contributed by atoms with van der Waals surface area (Å²) < 4.78 is 0. The number of amides is 15. The van der Waals surface area contributed by atoms with Gasteiger partial charge in [0.15, 0.2) is 0 Å². The number of carbonyl (C=O) groups excluding carboxylic acids is 16. The highest BCUT2D eigenvalue weighted by molar-refractivity contribution is 6.13. The van der Waals surface area contributed by atoms with E-state index < -0.39 is 145 Å². The second-order valence-corrected chi connectivity index (χ2v) is 16.1. The highest BCUT2D eigenvalue weighted by Gasteiger charge is 2.33. The van der Waals surface area contributed by atoms with Crippen molar-refractivity contribution in [2.75, 3.05) is 52.4 Å². The predicted octanol–water partition coefficient (Wildman–Crippen LogP) is -6.24. The average Bonchev–Trinajstić information content (AvgIpc) is 3.96. The molecule has 0 aromatic heterocycles. The van der Waals surface area contributed by atoms with Crippen molar-refractivity contribution in [1.29, 1.82) is 0 Å². The highest BCUT2D eigenvalue weighted by Crippen LogP contribution is 2.13. The Hall–Kier alpha value is -8.40. The van der Waals surface area contributed by atoms with E-state index in [1.165, 1.54) is 13.8 Å². The molecule has 0 aliphatic carbocycles. The molecular formula is C43H58N12O17. The molecule has 15 amide bonds. The Morgan fingerprint density at radius 1 is 0.472 bits per heavy atom. The van der Waals surface area contributed by atoms with Gasteiger partial charge in [0.25, 0.3) is 35.4 Å². The van der Waals surface area contributed by atoms with Crippen molar-refractivity contribution in [2.45, 2.75) is 96.2 Å². The van der Waals surface area contributed by atoms with Crippen LogP contribution in [0.5, 0.6) is 0 Å². The number of hydroxylamine groups is 2. The summed E-state index contributed by atoms with van der Waals surface area (Å²) in [5, 5.41) is 21.8. The smallest absolute Gasteiger partial charge is 0.334 e. The summed E-state index contributed by atoms with van der Waals surface area (Å²) in [5.41, 5.74) is 0. The van der Waals surface area contributed by atoms with Gasteiger partial charge in [0.2, 0.25) is 53.2 Å². The molecular weight excluding hydrogens is 957 g/mol. The Morgan fingerprint density at radius 2 is 0.903 bits per heavy atom. The first-order valence-corrected chi connectivity index (χ1v) is 22.8. The van der Waals surface area contributed by atoms with E-state index in [0.29, 0.717) is 5.06 Å². The fraction of sp³-hybridized carbons (Fsp3) is 0.535. The number of hydrogen-bond acceptors (Lipinski definition) is 17. The molecule has 3 heterocycles. The molecule has 1 saturated heterocycles. The van der Waals surface area contributed by atoms with E-state index >= 15 is 0 Å². The molecule has 3 rings (SSSR count). The molecule has 1 fully saturated rings. The largest absolute Gasteiger partial charge is 0.355 e. The Morgan fingerprint density at radius 3 is 1.38 bits per heavy atom. The molecule has 29 nitrogen and oxygen atoms in total. The van der Waals surface area contributed by atoms with Crippen LogP contribution < -0.4 is 47.9 Å². The van der Waals surface area contributed by atoms with Gasteiger partial charge in [-0.2, -0.15) is 0 Å². The highest BCUT2D eigenvalue weighted by atomic mass is 16.7. The number of nitrogens with one attached hydrogen (secondary N) is 9. The molecule has 0 bridgehead atoms. The lowest BCUT2D eigenvalue weighted by atomic mass is 10.1. The number of imide groups is 3. The van der Waals surface area contributed by atoms with Crippen LogP contribution in [0.2, 0.25) is 0 Å². The fourth-order valence-corrected chi connectivity index (χ4v) is 6.47. The van der Waals surface area contributed by atoms with Crippen LogP contribution in [0.3, 0.4) is 0 Å². The van der Waals surface area contributed by atoms with Gasteiger partial charge in [-0.1, -0.05) is 0 Å². The normalized spacial score (nSPS) is 15.1. The summed E-state index contributed by atoms with van der Waals surface area (Å²) in [4.78, 5) is 201. The molecule has 9 N–H and O–H groups in total. The van der Waals surface area contributed by atoms with Crippen LogP contribution >= 0.6 is 0 Å². The van der Waals surface area contributed by atoms with E-state index in [9.17, 15) is 76.7 Å². The van der Waals surface area contributed by atoms with Gasteiger partial charge in [0, 0.05) is 76.2 Å². The molecule has 0 radical (unpaired) electrons. The van der Waals surface area contributed by atoms with Gasteiger partial charge in [0.05, 0.1) is 32.6 Å². The Kier molecular flexibility index (Phi) is 23.8. The molecule has 0 aromatic rings. The van der Waals surface area contributed by atoms with Crippen molar-refractivity contribution in [3.05, 3.63) is 24.3 Å². The fourth-order valence-electron chi connectivity index (χ4n) is 6.47. The van der Waals surface area contributed by atoms with Crippen LogP contribution in [-0.2, 0) is 81.6 Å². The predicted molar refractivity (Wildman–Crippen MR) is 241 cm³/mol. The van der Waals surface area contributed by atoms with E-state index in [2.05, 4.69) is 47.9 Å². The van der Waals surface area contributed by atoms with Gasteiger partial charge >= 0.3 is 5.97 Å². The third-order valence-electron chi connectivity index (χ3n) is 10.4. The first-order valence-electron chi connectivity index (χ1n) is 22.8. The molecule has 3 unspecified atom stereocenters.